The van der Waals surface area contributed by atoms with E-state index in [4.69, 9.17) is 0 Å². The molecule has 0 saturated carbocycles. The second-order valence-electron chi connectivity index (χ2n) is 4.28. The Kier molecular flexibility index (Phi) is 7.85. The fourth-order valence-electron chi connectivity index (χ4n) is 1.21. The Morgan fingerprint density at radius 3 is 2.62 bits per heavy atom. The van der Waals surface area contributed by atoms with Crippen LogP contribution in [0.3, 0.4) is 0 Å². The summed E-state index contributed by atoms with van der Waals surface area (Å²) in [5.41, 5.74) is 0.648. The predicted molar refractivity (Wildman–Crippen MR) is 66.4 cm³/mol. The number of rotatable bonds is 7. The van der Waals surface area contributed by atoms with Crippen molar-refractivity contribution >= 4 is 5.97 Å². The van der Waals surface area contributed by atoms with Gasteiger partial charge in [-0.25, -0.2) is 4.79 Å². The van der Waals surface area contributed by atoms with Crippen molar-refractivity contribution in [1.82, 2.24) is 10.2 Å². The number of hydrogen-bond acceptors (Lipinski definition) is 4. The third kappa shape index (κ3) is 7.43. The highest BCUT2D eigenvalue weighted by atomic mass is 16.5. The first-order valence-corrected chi connectivity index (χ1v) is 5.60. The van der Waals surface area contributed by atoms with Gasteiger partial charge in [0.15, 0.2) is 0 Å². The van der Waals surface area contributed by atoms with Crippen LogP contribution in [0.4, 0.5) is 0 Å². The molecule has 0 fully saturated rings. The zero-order valence-electron chi connectivity index (χ0n) is 11.0. The van der Waals surface area contributed by atoms with Crippen molar-refractivity contribution in [3.05, 3.63) is 11.6 Å². The summed E-state index contributed by atoms with van der Waals surface area (Å²) < 4.78 is 4.61. The van der Waals surface area contributed by atoms with E-state index in [1.54, 1.807) is 6.92 Å². The Morgan fingerprint density at radius 2 is 2.12 bits per heavy atom. The van der Waals surface area contributed by atoms with E-state index >= 15 is 0 Å². The fourth-order valence-corrected chi connectivity index (χ4v) is 1.21. The van der Waals surface area contributed by atoms with Gasteiger partial charge < -0.3 is 15.0 Å². The first-order chi connectivity index (χ1) is 7.47. The normalized spacial score (nSPS) is 14.0. The number of esters is 1. The van der Waals surface area contributed by atoms with Gasteiger partial charge in [0.2, 0.25) is 0 Å². The Labute approximate surface area is 98.6 Å². The van der Waals surface area contributed by atoms with Gasteiger partial charge in [-0.2, -0.15) is 0 Å². The summed E-state index contributed by atoms with van der Waals surface area (Å²) in [4.78, 5) is 13.2. The lowest BCUT2D eigenvalue weighted by atomic mass is 10.2. The first kappa shape index (κ1) is 15.1. The van der Waals surface area contributed by atoms with Gasteiger partial charge in [0.05, 0.1) is 7.11 Å². The fraction of sp³-hybridized carbons (Fsp3) is 0.750. The minimum absolute atomic E-state index is 0.261. The van der Waals surface area contributed by atoms with Gasteiger partial charge in [-0.05, 0) is 40.9 Å². The molecular weight excluding hydrogens is 204 g/mol. The molecule has 0 spiro atoms. The summed E-state index contributed by atoms with van der Waals surface area (Å²) in [6, 6.07) is 0.448. The molecule has 4 heteroatoms. The van der Waals surface area contributed by atoms with Crippen LogP contribution < -0.4 is 5.32 Å². The van der Waals surface area contributed by atoms with E-state index in [2.05, 4.69) is 36.0 Å². The first-order valence-electron chi connectivity index (χ1n) is 5.60. The van der Waals surface area contributed by atoms with E-state index in [9.17, 15) is 4.79 Å². The number of hydrogen-bond donors (Lipinski definition) is 1. The Bertz CT molecular complexity index is 237. The van der Waals surface area contributed by atoms with Gasteiger partial charge in [0.25, 0.3) is 0 Å². The Balaban J connectivity index is 3.76. The van der Waals surface area contributed by atoms with Crippen molar-refractivity contribution in [3.63, 3.8) is 0 Å². The SMILES string of the molecule is COC(=O)C(C)=CCNC(C)CCN(C)C. The molecule has 0 saturated heterocycles. The molecule has 0 amide bonds. The summed E-state index contributed by atoms with van der Waals surface area (Å²) in [5, 5.41) is 3.34. The molecule has 1 N–H and O–H groups in total. The predicted octanol–water partition coefficient (Wildman–Crippen LogP) is 1.04. The van der Waals surface area contributed by atoms with Crippen LogP contribution in [0, 0.1) is 0 Å². The lowest BCUT2D eigenvalue weighted by Gasteiger charge is -2.15. The van der Waals surface area contributed by atoms with Crippen LogP contribution in [0.15, 0.2) is 11.6 Å². The monoisotopic (exact) mass is 228 g/mol. The van der Waals surface area contributed by atoms with Crippen molar-refractivity contribution in [3.8, 4) is 0 Å². The van der Waals surface area contributed by atoms with Gasteiger partial charge in [-0.15, -0.1) is 0 Å². The number of ether oxygens (including phenoxy) is 1. The molecule has 0 bridgehead atoms. The average molecular weight is 228 g/mol. The van der Waals surface area contributed by atoms with Crippen molar-refractivity contribution in [1.29, 1.82) is 0 Å². The molecule has 0 rings (SSSR count). The molecule has 0 heterocycles. The van der Waals surface area contributed by atoms with Gasteiger partial charge in [-0.1, -0.05) is 6.08 Å². The van der Waals surface area contributed by atoms with Gasteiger partial charge in [0, 0.05) is 18.2 Å². The second-order valence-corrected chi connectivity index (χ2v) is 4.28. The average Bonchev–Trinajstić information content (AvgIpc) is 2.24. The molecule has 1 unspecified atom stereocenters. The molecular formula is C12H24N2O2. The minimum Gasteiger partial charge on any atom is -0.466 e. The molecule has 0 aromatic heterocycles. The van der Waals surface area contributed by atoms with Gasteiger partial charge in [-0.3, -0.25) is 0 Å². The number of carbonyl (C=O) groups excluding carboxylic acids is 1. The van der Waals surface area contributed by atoms with E-state index < -0.39 is 0 Å². The highest BCUT2D eigenvalue weighted by molar-refractivity contribution is 5.87. The molecule has 94 valence electrons. The lowest BCUT2D eigenvalue weighted by Crippen LogP contribution is -2.30. The standard InChI is InChI=1S/C12H24N2O2/c1-10(12(15)16-5)6-8-13-11(2)7-9-14(3)4/h6,11,13H,7-9H2,1-5H3. The van der Waals surface area contributed by atoms with Gasteiger partial charge in [0.1, 0.15) is 0 Å². The van der Waals surface area contributed by atoms with Gasteiger partial charge >= 0.3 is 5.97 Å². The van der Waals surface area contributed by atoms with Crippen LogP contribution in [-0.2, 0) is 9.53 Å². The summed E-state index contributed by atoms with van der Waals surface area (Å²) >= 11 is 0. The highest BCUT2D eigenvalue weighted by Gasteiger charge is 2.03. The zero-order valence-corrected chi connectivity index (χ0v) is 11.0. The van der Waals surface area contributed by atoms with Crippen molar-refractivity contribution in [2.75, 3.05) is 34.3 Å². The molecule has 0 aliphatic heterocycles. The van der Waals surface area contributed by atoms with E-state index in [1.165, 1.54) is 7.11 Å². The maximum atomic E-state index is 11.1. The second kappa shape index (κ2) is 8.30. The van der Waals surface area contributed by atoms with Crippen LogP contribution in [0.2, 0.25) is 0 Å². The summed E-state index contributed by atoms with van der Waals surface area (Å²) in [7, 11) is 5.52. The summed E-state index contributed by atoms with van der Waals surface area (Å²) in [5.74, 6) is -0.261. The number of nitrogens with zero attached hydrogens (tertiary/aromatic N) is 1. The molecule has 0 aromatic rings. The van der Waals surface area contributed by atoms with Crippen LogP contribution in [0.1, 0.15) is 20.3 Å². The van der Waals surface area contributed by atoms with Crippen LogP contribution >= 0.6 is 0 Å². The van der Waals surface area contributed by atoms with E-state index in [0.29, 0.717) is 18.2 Å². The Hall–Kier alpha value is -0.870. The van der Waals surface area contributed by atoms with Crippen LogP contribution in [-0.4, -0.2) is 51.2 Å². The quantitative estimate of drug-likeness (QED) is 0.522. The summed E-state index contributed by atoms with van der Waals surface area (Å²) in [6.45, 7) is 5.67. The molecule has 1 atom stereocenters. The maximum Gasteiger partial charge on any atom is 0.333 e. The third-order valence-corrected chi connectivity index (χ3v) is 2.39. The molecule has 0 aliphatic rings. The van der Waals surface area contributed by atoms with Crippen LogP contribution in [0.25, 0.3) is 0 Å². The Morgan fingerprint density at radius 1 is 1.50 bits per heavy atom. The van der Waals surface area contributed by atoms with Crippen LogP contribution in [0.5, 0.6) is 0 Å². The van der Waals surface area contributed by atoms with Crippen molar-refractivity contribution in [2.45, 2.75) is 26.3 Å². The topological polar surface area (TPSA) is 41.6 Å². The smallest absolute Gasteiger partial charge is 0.333 e. The molecule has 16 heavy (non-hydrogen) atoms. The third-order valence-electron chi connectivity index (χ3n) is 2.39. The number of carbonyl (C=O) groups is 1. The largest absolute Gasteiger partial charge is 0.466 e. The molecule has 4 nitrogen and oxygen atoms in total. The lowest BCUT2D eigenvalue weighted by molar-refractivity contribution is -0.136. The highest BCUT2D eigenvalue weighted by Crippen LogP contribution is 1.96. The van der Waals surface area contributed by atoms with E-state index in [0.717, 1.165) is 13.0 Å². The van der Waals surface area contributed by atoms with Crippen molar-refractivity contribution < 1.29 is 9.53 Å². The number of nitrogens with one attached hydrogen (secondary N) is 1. The molecule has 0 radical (unpaired) electrons. The maximum absolute atomic E-state index is 11.1. The summed E-state index contributed by atoms with van der Waals surface area (Å²) in [6.07, 6.45) is 2.95. The minimum atomic E-state index is -0.261. The molecule has 0 aromatic carbocycles. The number of methoxy groups -OCH3 is 1. The van der Waals surface area contributed by atoms with E-state index in [-0.39, 0.29) is 5.97 Å². The van der Waals surface area contributed by atoms with E-state index in [1.807, 2.05) is 6.08 Å². The zero-order chi connectivity index (χ0) is 12.6. The molecule has 0 aliphatic carbocycles. The van der Waals surface area contributed by atoms with Crippen molar-refractivity contribution in [2.24, 2.45) is 0 Å².